The minimum atomic E-state index is -0.329. The Labute approximate surface area is 181 Å². The Hall–Kier alpha value is -3.42. The van der Waals surface area contributed by atoms with Gasteiger partial charge >= 0.3 is 6.03 Å². The lowest BCUT2D eigenvalue weighted by Crippen LogP contribution is -2.42. The molecule has 0 spiro atoms. The normalized spacial score (nSPS) is 18.4. The smallest absolute Gasteiger partial charge is 0.319 e. The predicted octanol–water partition coefficient (Wildman–Crippen LogP) is 4.38. The topological polar surface area (TPSA) is 82.2 Å². The highest BCUT2D eigenvalue weighted by molar-refractivity contribution is 5.90. The van der Waals surface area contributed by atoms with Crippen molar-refractivity contribution in [3.63, 3.8) is 0 Å². The van der Waals surface area contributed by atoms with Crippen LogP contribution in [0.4, 0.5) is 26.6 Å². The van der Waals surface area contributed by atoms with Crippen molar-refractivity contribution >= 4 is 34.4 Å². The minimum Gasteiger partial charge on any atom is -0.362 e. The minimum absolute atomic E-state index is 0.105. The lowest BCUT2D eigenvalue weighted by molar-refractivity contribution is 0.243. The largest absolute Gasteiger partial charge is 0.362 e. The third-order valence-electron chi connectivity index (χ3n) is 5.50. The molecule has 162 valence electrons. The molecule has 1 aliphatic rings. The fourth-order valence-corrected chi connectivity index (χ4v) is 3.92. The van der Waals surface area contributed by atoms with Gasteiger partial charge in [-0.2, -0.15) is 4.98 Å². The molecule has 2 amide bonds. The third kappa shape index (κ3) is 5.20. The van der Waals surface area contributed by atoms with Crippen molar-refractivity contribution in [1.29, 1.82) is 0 Å². The van der Waals surface area contributed by atoms with Crippen LogP contribution in [0.1, 0.15) is 25.7 Å². The van der Waals surface area contributed by atoms with E-state index in [4.69, 9.17) is 4.98 Å². The van der Waals surface area contributed by atoms with Gasteiger partial charge in [-0.1, -0.05) is 12.1 Å². The summed E-state index contributed by atoms with van der Waals surface area (Å²) in [5.41, 5.74) is 1.48. The molecule has 3 aromatic rings. The molecule has 7 nitrogen and oxygen atoms in total. The number of anilines is 3. The number of benzene rings is 2. The molecule has 31 heavy (non-hydrogen) atoms. The van der Waals surface area contributed by atoms with E-state index in [1.165, 1.54) is 12.1 Å². The first-order valence-electron chi connectivity index (χ1n) is 10.5. The fourth-order valence-electron chi connectivity index (χ4n) is 3.92. The Morgan fingerprint density at radius 2 is 1.65 bits per heavy atom. The Bertz CT molecular complexity index is 1050. The molecular weight excluding hydrogens is 395 g/mol. The van der Waals surface area contributed by atoms with Crippen molar-refractivity contribution in [2.75, 3.05) is 29.6 Å². The molecule has 0 aliphatic heterocycles. The maximum atomic E-state index is 13.0. The van der Waals surface area contributed by atoms with Gasteiger partial charge in [0.2, 0.25) is 5.95 Å². The number of rotatable bonds is 5. The van der Waals surface area contributed by atoms with Crippen LogP contribution < -0.4 is 20.9 Å². The second-order valence-electron chi connectivity index (χ2n) is 8.08. The number of hydrogen-bond donors (Lipinski definition) is 3. The zero-order valence-corrected chi connectivity index (χ0v) is 17.7. The standard InChI is InChI=1S/C23H27FN6O/c1-30(2)21-19-5-3-4-6-20(19)28-22(29-21)25-16-11-13-18(14-12-16)27-23(31)26-17-9-7-15(24)8-10-17/h3-10,16,18H,11-14H2,1-2H3,(H,25,28,29)(H2,26,27,31)/t16-,18+. The van der Waals surface area contributed by atoms with E-state index >= 15 is 0 Å². The number of para-hydroxylation sites is 1. The molecule has 3 N–H and O–H groups in total. The van der Waals surface area contributed by atoms with Crippen LogP contribution in [0.2, 0.25) is 0 Å². The zero-order chi connectivity index (χ0) is 21.8. The molecule has 0 atom stereocenters. The van der Waals surface area contributed by atoms with E-state index in [9.17, 15) is 9.18 Å². The molecule has 4 rings (SSSR count). The van der Waals surface area contributed by atoms with Crippen LogP contribution in [0.25, 0.3) is 10.9 Å². The van der Waals surface area contributed by atoms with Crippen molar-refractivity contribution in [2.24, 2.45) is 0 Å². The number of fused-ring (bicyclic) bond motifs is 1. The number of nitrogens with zero attached hydrogens (tertiary/aromatic N) is 3. The molecule has 0 bridgehead atoms. The number of hydrogen-bond acceptors (Lipinski definition) is 5. The second-order valence-corrected chi connectivity index (χ2v) is 8.08. The van der Waals surface area contributed by atoms with Crippen LogP contribution in [0.3, 0.4) is 0 Å². The molecule has 1 saturated carbocycles. The zero-order valence-electron chi connectivity index (χ0n) is 17.7. The van der Waals surface area contributed by atoms with Crippen molar-refractivity contribution in [1.82, 2.24) is 15.3 Å². The molecule has 1 aliphatic carbocycles. The highest BCUT2D eigenvalue weighted by atomic mass is 19.1. The quantitative estimate of drug-likeness (QED) is 0.568. The van der Waals surface area contributed by atoms with E-state index in [2.05, 4.69) is 20.9 Å². The Morgan fingerprint density at radius 3 is 2.35 bits per heavy atom. The van der Waals surface area contributed by atoms with Crippen LogP contribution in [0, 0.1) is 5.82 Å². The summed E-state index contributed by atoms with van der Waals surface area (Å²) in [6.45, 7) is 0. The molecule has 1 fully saturated rings. The monoisotopic (exact) mass is 422 g/mol. The summed E-state index contributed by atoms with van der Waals surface area (Å²) in [5.74, 6) is 1.19. The summed E-state index contributed by atoms with van der Waals surface area (Å²) in [7, 11) is 3.96. The highest BCUT2D eigenvalue weighted by Gasteiger charge is 2.23. The molecule has 0 saturated heterocycles. The summed E-state index contributed by atoms with van der Waals surface area (Å²) in [5, 5.41) is 10.2. The van der Waals surface area contributed by atoms with Crippen molar-refractivity contribution in [2.45, 2.75) is 37.8 Å². The molecule has 0 unspecified atom stereocenters. The molecular formula is C23H27FN6O. The van der Waals surface area contributed by atoms with Crippen LogP contribution in [-0.4, -0.2) is 42.2 Å². The maximum absolute atomic E-state index is 13.0. The van der Waals surface area contributed by atoms with E-state index in [0.29, 0.717) is 11.6 Å². The SMILES string of the molecule is CN(C)c1nc(N[C@H]2CC[C@@H](NC(=O)Nc3ccc(F)cc3)CC2)nc2ccccc12. The highest BCUT2D eigenvalue weighted by Crippen LogP contribution is 2.26. The van der Waals surface area contributed by atoms with Gasteiger partial charge in [-0.05, 0) is 62.1 Å². The third-order valence-corrected chi connectivity index (χ3v) is 5.50. The summed E-state index contributed by atoms with van der Waals surface area (Å²) in [6, 6.07) is 13.8. The molecule has 2 aromatic carbocycles. The van der Waals surface area contributed by atoms with Crippen molar-refractivity contribution in [3.05, 3.63) is 54.3 Å². The van der Waals surface area contributed by atoms with E-state index < -0.39 is 0 Å². The summed E-state index contributed by atoms with van der Waals surface area (Å²) in [4.78, 5) is 23.6. The number of nitrogens with one attached hydrogen (secondary N) is 3. The van der Waals surface area contributed by atoms with E-state index in [0.717, 1.165) is 42.4 Å². The first kappa shape index (κ1) is 20.8. The second kappa shape index (κ2) is 9.16. The molecule has 1 heterocycles. The van der Waals surface area contributed by atoms with Crippen molar-refractivity contribution in [3.8, 4) is 0 Å². The van der Waals surface area contributed by atoms with Gasteiger partial charge in [0, 0.05) is 37.3 Å². The lowest BCUT2D eigenvalue weighted by Gasteiger charge is -2.30. The molecule has 0 radical (unpaired) electrons. The number of urea groups is 1. The number of halogens is 1. The van der Waals surface area contributed by atoms with E-state index in [-0.39, 0.29) is 23.9 Å². The Morgan fingerprint density at radius 1 is 0.968 bits per heavy atom. The maximum Gasteiger partial charge on any atom is 0.319 e. The molecule has 8 heteroatoms. The first-order chi connectivity index (χ1) is 15.0. The van der Waals surface area contributed by atoms with Gasteiger partial charge in [-0.25, -0.2) is 14.2 Å². The van der Waals surface area contributed by atoms with E-state index in [1.807, 2.05) is 43.3 Å². The average Bonchev–Trinajstić information content (AvgIpc) is 2.76. The lowest BCUT2D eigenvalue weighted by atomic mass is 9.91. The Kier molecular flexibility index (Phi) is 6.16. The van der Waals surface area contributed by atoms with Crippen LogP contribution in [0.5, 0.6) is 0 Å². The van der Waals surface area contributed by atoms with Crippen LogP contribution in [-0.2, 0) is 0 Å². The van der Waals surface area contributed by atoms with Gasteiger partial charge in [0.25, 0.3) is 0 Å². The molecule has 1 aromatic heterocycles. The van der Waals surface area contributed by atoms with E-state index in [1.54, 1.807) is 12.1 Å². The summed E-state index contributed by atoms with van der Waals surface area (Å²) in [6.07, 6.45) is 3.55. The van der Waals surface area contributed by atoms with Gasteiger partial charge < -0.3 is 20.9 Å². The predicted molar refractivity (Wildman–Crippen MR) is 122 cm³/mol. The Balaban J connectivity index is 1.32. The summed E-state index contributed by atoms with van der Waals surface area (Å²) >= 11 is 0. The van der Waals surface area contributed by atoms with Gasteiger partial charge in [-0.3, -0.25) is 0 Å². The number of carbonyl (C=O) groups is 1. The number of carbonyl (C=O) groups excluding carboxylic acids is 1. The van der Waals surface area contributed by atoms with Gasteiger partial charge in [0.15, 0.2) is 0 Å². The number of aromatic nitrogens is 2. The van der Waals surface area contributed by atoms with Gasteiger partial charge in [0.1, 0.15) is 11.6 Å². The van der Waals surface area contributed by atoms with Crippen LogP contribution in [0.15, 0.2) is 48.5 Å². The summed E-state index contributed by atoms with van der Waals surface area (Å²) < 4.78 is 13.0. The van der Waals surface area contributed by atoms with Gasteiger partial charge in [-0.15, -0.1) is 0 Å². The van der Waals surface area contributed by atoms with Gasteiger partial charge in [0.05, 0.1) is 5.52 Å². The fraction of sp³-hybridized carbons (Fsp3) is 0.348. The van der Waals surface area contributed by atoms with Crippen LogP contribution >= 0.6 is 0 Å². The first-order valence-corrected chi connectivity index (χ1v) is 10.5. The number of amides is 2. The van der Waals surface area contributed by atoms with Crippen molar-refractivity contribution < 1.29 is 9.18 Å². The average molecular weight is 423 g/mol.